The Morgan fingerprint density at radius 1 is 1.00 bits per heavy atom. The Kier molecular flexibility index (Phi) is 5.80. The van der Waals surface area contributed by atoms with Gasteiger partial charge in [-0.25, -0.2) is 0 Å². The lowest BCUT2D eigenvalue weighted by atomic mass is 9.33. The second-order valence-corrected chi connectivity index (χ2v) is 15.0. The number of aliphatic hydroxyl groups excluding tert-OH is 2. The van der Waals surface area contributed by atoms with Crippen LogP contribution >= 0.6 is 0 Å². The van der Waals surface area contributed by atoms with Crippen LogP contribution in [0.15, 0.2) is 11.6 Å². The summed E-state index contributed by atoms with van der Waals surface area (Å²) < 4.78 is 5.24. The smallest absolute Gasteiger partial charge is 0.311 e. The summed E-state index contributed by atoms with van der Waals surface area (Å²) >= 11 is 0. The third-order valence-electron chi connectivity index (χ3n) is 13.4. The highest BCUT2D eigenvalue weighted by Gasteiger charge is 2.70. The van der Waals surface area contributed by atoms with Crippen LogP contribution in [0.1, 0.15) is 99.3 Å². The van der Waals surface area contributed by atoms with Crippen molar-refractivity contribution >= 4 is 11.8 Å². The molecule has 0 spiro atoms. The summed E-state index contributed by atoms with van der Waals surface area (Å²) in [6, 6.07) is 0. The summed E-state index contributed by atoms with van der Waals surface area (Å²) in [5, 5.41) is 21.3. The van der Waals surface area contributed by atoms with Gasteiger partial charge in [-0.05, 0) is 104 Å². The molecule has 0 aliphatic heterocycles. The fraction of sp³-hybridized carbons (Fsp3) is 0.871. The predicted molar refractivity (Wildman–Crippen MR) is 139 cm³/mol. The van der Waals surface area contributed by atoms with Crippen molar-refractivity contribution < 1.29 is 24.5 Å². The fourth-order valence-electron chi connectivity index (χ4n) is 10.6. The van der Waals surface area contributed by atoms with Gasteiger partial charge in [0.05, 0.1) is 25.2 Å². The number of aliphatic hydroxyl groups is 2. The van der Waals surface area contributed by atoms with Gasteiger partial charge in [0.15, 0.2) is 5.78 Å². The Labute approximate surface area is 217 Å². The number of hydrogen-bond donors (Lipinski definition) is 2. The van der Waals surface area contributed by atoms with Gasteiger partial charge in [-0.1, -0.05) is 40.2 Å². The molecule has 2 N–H and O–H groups in total. The number of ketones is 1. The van der Waals surface area contributed by atoms with Crippen LogP contribution in [0.4, 0.5) is 0 Å². The monoisotopic (exact) mass is 500 g/mol. The lowest BCUT2D eigenvalue weighted by Crippen LogP contribution is -2.67. The standard InChI is InChI=1S/C31H48O5/c1-26-12-13-27(2,25(35)36-7)17-20(26)19-16-21(33)24-28(3)10-9-23(34)29(4,18-32)22(28)8-11-31(24,6)30(19,5)15-14-26/h16,20,22-24,32,34H,8-15,17-18H2,1-7H3/t20-,22+,23+,24-,26-,27-,28+,29+,30-,31-/m1/s1. The van der Waals surface area contributed by atoms with E-state index < -0.39 is 16.9 Å². The van der Waals surface area contributed by atoms with Gasteiger partial charge in [0.25, 0.3) is 0 Å². The predicted octanol–water partition coefficient (Wildman–Crippen LogP) is 5.47. The lowest BCUT2D eigenvalue weighted by molar-refractivity contribution is -0.212. The molecule has 5 rings (SSSR count). The van der Waals surface area contributed by atoms with Crippen LogP contribution in [-0.4, -0.2) is 41.8 Å². The molecule has 0 heterocycles. The number of hydrogen-bond acceptors (Lipinski definition) is 5. The average Bonchev–Trinajstić information content (AvgIpc) is 2.83. The summed E-state index contributed by atoms with van der Waals surface area (Å²) in [5.74, 6) is 0.322. The highest BCUT2D eigenvalue weighted by atomic mass is 16.5. The molecule has 0 unspecified atom stereocenters. The van der Waals surface area contributed by atoms with Crippen LogP contribution in [0.2, 0.25) is 0 Å². The molecule has 0 radical (unpaired) electrons. The first kappa shape index (κ1) is 26.4. The average molecular weight is 501 g/mol. The zero-order valence-electron chi connectivity index (χ0n) is 23.6. The maximum absolute atomic E-state index is 14.3. The Morgan fingerprint density at radius 2 is 1.67 bits per heavy atom. The summed E-state index contributed by atoms with van der Waals surface area (Å²) in [4.78, 5) is 27.1. The Hall–Kier alpha value is -1.20. The number of ether oxygens (including phenoxy) is 1. The molecule has 4 fully saturated rings. The van der Waals surface area contributed by atoms with Gasteiger partial charge in [-0.15, -0.1) is 0 Å². The number of esters is 1. The molecule has 5 nitrogen and oxygen atoms in total. The zero-order chi connectivity index (χ0) is 26.5. The minimum absolute atomic E-state index is 0.0447. The molecule has 202 valence electrons. The van der Waals surface area contributed by atoms with Gasteiger partial charge in [-0.3, -0.25) is 9.59 Å². The summed E-state index contributed by atoms with van der Waals surface area (Å²) in [7, 11) is 1.49. The molecule has 0 amide bonds. The van der Waals surface area contributed by atoms with Crippen LogP contribution in [0.3, 0.4) is 0 Å². The molecule has 0 aromatic rings. The molecule has 0 saturated heterocycles. The number of allylic oxidation sites excluding steroid dienone is 2. The number of carbonyl (C=O) groups excluding carboxylic acids is 2. The molecule has 4 saturated carbocycles. The molecular formula is C31H48O5. The van der Waals surface area contributed by atoms with Crippen molar-refractivity contribution in [1.29, 1.82) is 0 Å². The first-order valence-electron chi connectivity index (χ1n) is 14.3. The van der Waals surface area contributed by atoms with E-state index in [-0.39, 0.29) is 57.8 Å². The maximum atomic E-state index is 14.3. The van der Waals surface area contributed by atoms with Crippen LogP contribution in [0.25, 0.3) is 0 Å². The molecule has 5 aliphatic rings. The van der Waals surface area contributed by atoms with Gasteiger partial charge in [0.2, 0.25) is 0 Å². The molecule has 5 heteroatoms. The second kappa shape index (κ2) is 7.91. The Balaban J connectivity index is 1.61. The Morgan fingerprint density at radius 3 is 2.31 bits per heavy atom. The van der Waals surface area contributed by atoms with Crippen molar-refractivity contribution in [3.63, 3.8) is 0 Å². The zero-order valence-corrected chi connectivity index (χ0v) is 23.6. The first-order valence-corrected chi connectivity index (χ1v) is 14.3. The summed E-state index contributed by atoms with van der Waals surface area (Å²) in [5.41, 5.74) is -0.227. The number of fused-ring (bicyclic) bond motifs is 7. The Bertz CT molecular complexity index is 1000. The molecule has 5 aliphatic carbocycles. The molecular weight excluding hydrogens is 452 g/mol. The van der Waals surface area contributed by atoms with E-state index in [1.807, 2.05) is 13.0 Å². The SMILES string of the molecule is COC(=O)[C@]1(C)CC[C@]2(C)CC[C@]3(C)C(=CC(=O)[C@@H]4[C@@]5(C)CC[C@H](O)[C@@](C)(CO)[C@H]5CC[C@]43C)[C@H]2C1. The third kappa shape index (κ3) is 3.08. The van der Waals surface area contributed by atoms with Crippen molar-refractivity contribution in [2.45, 2.75) is 105 Å². The van der Waals surface area contributed by atoms with Gasteiger partial charge in [0.1, 0.15) is 0 Å². The van der Waals surface area contributed by atoms with Crippen LogP contribution in [0.5, 0.6) is 0 Å². The highest BCUT2D eigenvalue weighted by Crippen LogP contribution is 2.75. The number of carbonyl (C=O) groups is 2. The van der Waals surface area contributed by atoms with Crippen molar-refractivity contribution in [3.8, 4) is 0 Å². The maximum Gasteiger partial charge on any atom is 0.311 e. The number of rotatable bonds is 2. The van der Waals surface area contributed by atoms with Crippen LogP contribution in [0, 0.1) is 50.2 Å². The molecule has 0 aromatic carbocycles. The quantitative estimate of drug-likeness (QED) is 0.491. The second-order valence-electron chi connectivity index (χ2n) is 15.0. The van der Waals surface area contributed by atoms with E-state index in [0.717, 1.165) is 51.4 Å². The third-order valence-corrected chi connectivity index (χ3v) is 13.4. The van der Waals surface area contributed by atoms with Crippen molar-refractivity contribution in [1.82, 2.24) is 0 Å². The summed E-state index contributed by atoms with van der Waals surface area (Å²) in [6.45, 7) is 13.5. The lowest BCUT2D eigenvalue weighted by Gasteiger charge is -2.70. The van der Waals surface area contributed by atoms with Gasteiger partial charge < -0.3 is 14.9 Å². The molecule has 36 heavy (non-hydrogen) atoms. The van der Waals surface area contributed by atoms with Crippen LogP contribution < -0.4 is 0 Å². The normalized spacial score (nSPS) is 54.4. The van der Waals surface area contributed by atoms with E-state index >= 15 is 0 Å². The van der Waals surface area contributed by atoms with E-state index in [1.54, 1.807) is 0 Å². The van der Waals surface area contributed by atoms with E-state index in [9.17, 15) is 19.8 Å². The number of methoxy groups -OCH3 is 1. The van der Waals surface area contributed by atoms with E-state index in [2.05, 4.69) is 34.6 Å². The highest BCUT2D eigenvalue weighted by molar-refractivity contribution is 5.95. The largest absolute Gasteiger partial charge is 0.469 e. The van der Waals surface area contributed by atoms with E-state index in [0.29, 0.717) is 6.42 Å². The molecule has 0 aromatic heterocycles. The van der Waals surface area contributed by atoms with Gasteiger partial charge >= 0.3 is 5.97 Å². The minimum Gasteiger partial charge on any atom is -0.469 e. The molecule has 0 bridgehead atoms. The fourth-order valence-corrected chi connectivity index (χ4v) is 10.6. The van der Waals surface area contributed by atoms with Gasteiger partial charge in [-0.2, -0.15) is 0 Å². The topological polar surface area (TPSA) is 83.8 Å². The van der Waals surface area contributed by atoms with Crippen molar-refractivity contribution in [3.05, 3.63) is 11.6 Å². The molecule has 10 atom stereocenters. The van der Waals surface area contributed by atoms with Crippen LogP contribution in [-0.2, 0) is 14.3 Å². The van der Waals surface area contributed by atoms with E-state index in [4.69, 9.17) is 4.74 Å². The minimum atomic E-state index is -0.573. The summed E-state index contributed by atoms with van der Waals surface area (Å²) in [6.07, 6.45) is 9.56. The first-order chi connectivity index (χ1) is 16.7. The van der Waals surface area contributed by atoms with Crippen molar-refractivity contribution in [2.24, 2.45) is 50.2 Å². The van der Waals surface area contributed by atoms with Crippen molar-refractivity contribution in [2.75, 3.05) is 13.7 Å². The van der Waals surface area contributed by atoms with E-state index in [1.165, 1.54) is 12.7 Å². The van der Waals surface area contributed by atoms with Gasteiger partial charge in [0, 0.05) is 11.3 Å².